The molecule has 120 valence electrons. The molecule has 7 unspecified atom stereocenters. The molecule has 0 N–H and O–H groups in total. The number of hydrogen-bond acceptors (Lipinski definition) is 3. The van der Waals surface area contributed by atoms with Crippen LogP contribution < -0.4 is 0 Å². The lowest BCUT2D eigenvalue weighted by Gasteiger charge is -2.61. The highest BCUT2D eigenvalue weighted by Crippen LogP contribution is 2.64. The van der Waals surface area contributed by atoms with E-state index >= 15 is 0 Å². The van der Waals surface area contributed by atoms with Crippen molar-refractivity contribution in [3.63, 3.8) is 0 Å². The van der Waals surface area contributed by atoms with Crippen molar-refractivity contribution in [2.45, 2.75) is 51.4 Å². The van der Waals surface area contributed by atoms with Crippen LogP contribution in [-0.4, -0.2) is 24.8 Å². The number of Topliss-reactive ketones (excluding diaryl/α,β-unsaturated/α-hetero) is 2. The highest BCUT2D eigenvalue weighted by Gasteiger charge is 2.61. The molecule has 1 saturated heterocycles. The van der Waals surface area contributed by atoms with Gasteiger partial charge in [0, 0.05) is 30.1 Å². The minimum absolute atomic E-state index is 0.173. The van der Waals surface area contributed by atoms with E-state index in [9.17, 15) is 9.59 Å². The molecule has 22 heavy (non-hydrogen) atoms. The molecule has 1 heterocycles. The van der Waals surface area contributed by atoms with Crippen molar-refractivity contribution in [3.05, 3.63) is 0 Å². The average molecular weight is 302 g/mol. The number of fused-ring (bicyclic) bond motifs is 4. The molecule has 3 heteroatoms. The molecule has 7 atom stereocenters. The first-order chi connectivity index (χ1) is 10.7. The smallest absolute Gasteiger partial charge is 0.138 e. The van der Waals surface area contributed by atoms with Crippen LogP contribution in [0.5, 0.6) is 0 Å². The van der Waals surface area contributed by atoms with Gasteiger partial charge in [-0.1, -0.05) is 0 Å². The van der Waals surface area contributed by atoms with Gasteiger partial charge in [0.25, 0.3) is 0 Å². The summed E-state index contributed by atoms with van der Waals surface area (Å²) in [6.45, 7) is 1.54. The Hall–Kier alpha value is -0.700. The second-order valence-corrected chi connectivity index (χ2v) is 8.72. The Labute approximate surface area is 132 Å². The van der Waals surface area contributed by atoms with Crippen LogP contribution in [0.1, 0.15) is 51.4 Å². The van der Waals surface area contributed by atoms with Gasteiger partial charge in [-0.15, -0.1) is 0 Å². The number of carbonyl (C=O) groups is 2. The fourth-order valence-electron chi connectivity index (χ4n) is 7.24. The Morgan fingerprint density at radius 2 is 1.86 bits per heavy atom. The second-order valence-electron chi connectivity index (χ2n) is 8.72. The van der Waals surface area contributed by atoms with Crippen molar-refractivity contribution in [3.8, 4) is 0 Å². The Bertz CT molecular complexity index is 527. The third-order valence-corrected chi connectivity index (χ3v) is 8.13. The molecule has 0 aromatic heterocycles. The molecule has 1 spiro atoms. The third-order valence-electron chi connectivity index (χ3n) is 8.13. The second kappa shape index (κ2) is 4.66. The average Bonchev–Trinajstić information content (AvgIpc) is 2.91. The summed E-state index contributed by atoms with van der Waals surface area (Å²) in [6.07, 6.45) is 8.62. The van der Waals surface area contributed by atoms with Gasteiger partial charge in [-0.05, 0) is 62.2 Å². The zero-order chi connectivity index (χ0) is 14.9. The zero-order valence-corrected chi connectivity index (χ0v) is 13.3. The lowest BCUT2D eigenvalue weighted by atomic mass is 9.45. The van der Waals surface area contributed by atoms with E-state index in [1.165, 1.54) is 19.3 Å². The van der Waals surface area contributed by atoms with Crippen LogP contribution >= 0.6 is 0 Å². The van der Waals surface area contributed by atoms with Gasteiger partial charge < -0.3 is 4.74 Å². The molecule has 2 bridgehead atoms. The zero-order valence-electron chi connectivity index (χ0n) is 13.3. The van der Waals surface area contributed by atoms with Gasteiger partial charge in [-0.3, -0.25) is 9.59 Å². The van der Waals surface area contributed by atoms with Crippen LogP contribution in [0.15, 0.2) is 0 Å². The summed E-state index contributed by atoms with van der Waals surface area (Å²) in [5, 5.41) is 0. The van der Waals surface area contributed by atoms with Crippen LogP contribution in [-0.2, 0) is 14.3 Å². The number of carbonyl (C=O) groups excluding carboxylic acids is 2. The van der Waals surface area contributed by atoms with Gasteiger partial charge in [0.2, 0.25) is 0 Å². The van der Waals surface area contributed by atoms with Gasteiger partial charge in [0.05, 0.1) is 13.2 Å². The van der Waals surface area contributed by atoms with Crippen LogP contribution in [0.3, 0.4) is 0 Å². The van der Waals surface area contributed by atoms with Gasteiger partial charge in [-0.25, -0.2) is 0 Å². The Morgan fingerprint density at radius 1 is 0.955 bits per heavy atom. The topological polar surface area (TPSA) is 43.4 Å². The summed E-state index contributed by atoms with van der Waals surface area (Å²) >= 11 is 0. The number of rotatable bonds is 0. The maximum Gasteiger partial charge on any atom is 0.138 e. The Morgan fingerprint density at radius 3 is 2.77 bits per heavy atom. The minimum atomic E-state index is 0.173. The SMILES string of the molecule is O=C1CC2CCC3C4CCC(=O)C4CCC3C23COCC1C3. The predicted molar refractivity (Wildman–Crippen MR) is 81.1 cm³/mol. The first kappa shape index (κ1) is 13.7. The van der Waals surface area contributed by atoms with Gasteiger partial charge in [-0.2, -0.15) is 0 Å². The Balaban J connectivity index is 1.50. The molecular formula is C19H26O3. The molecule has 5 aliphatic rings. The van der Waals surface area contributed by atoms with Crippen molar-refractivity contribution in [1.82, 2.24) is 0 Å². The summed E-state index contributed by atoms with van der Waals surface area (Å²) in [5.41, 5.74) is 0.274. The summed E-state index contributed by atoms with van der Waals surface area (Å²) in [6, 6.07) is 0. The fourth-order valence-corrected chi connectivity index (χ4v) is 7.24. The molecule has 0 radical (unpaired) electrons. The molecule has 5 rings (SSSR count). The molecule has 5 fully saturated rings. The van der Waals surface area contributed by atoms with Crippen molar-refractivity contribution in [2.75, 3.05) is 13.2 Å². The standard InChI is InChI=1S/C19H26O3/c20-17-6-4-13-14-2-1-12-7-18(21)11-8-19(12,10-22-9-11)16(14)5-3-15(13)17/h11-16H,1-10H2. The van der Waals surface area contributed by atoms with Crippen LogP contribution in [0.25, 0.3) is 0 Å². The number of hydrogen-bond donors (Lipinski definition) is 0. The van der Waals surface area contributed by atoms with Crippen molar-refractivity contribution >= 4 is 11.6 Å². The van der Waals surface area contributed by atoms with E-state index < -0.39 is 0 Å². The molecule has 0 amide bonds. The van der Waals surface area contributed by atoms with Crippen LogP contribution in [0.4, 0.5) is 0 Å². The number of ether oxygens (including phenoxy) is 1. The highest BCUT2D eigenvalue weighted by atomic mass is 16.5. The van der Waals surface area contributed by atoms with E-state index in [1.807, 2.05) is 0 Å². The maximum atomic E-state index is 12.3. The normalized spacial score (nSPS) is 53.6. The van der Waals surface area contributed by atoms with Crippen molar-refractivity contribution in [2.24, 2.45) is 40.9 Å². The monoisotopic (exact) mass is 302 g/mol. The largest absolute Gasteiger partial charge is 0.380 e. The summed E-state index contributed by atoms with van der Waals surface area (Å²) in [4.78, 5) is 24.5. The summed E-state index contributed by atoms with van der Waals surface area (Å²) < 4.78 is 5.96. The van der Waals surface area contributed by atoms with E-state index in [0.29, 0.717) is 41.8 Å². The lowest BCUT2D eigenvalue weighted by molar-refractivity contribution is -0.186. The maximum absolute atomic E-state index is 12.3. The van der Waals surface area contributed by atoms with E-state index in [1.54, 1.807) is 0 Å². The fraction of sp³-hybridized carbons (Fsp3) is 0.895. The Kier molecular flexibility index (Phi) is 2.90. The predicted octanol–water partition coefficient (Wildman–Crippen LogP) is 3.01. The van der Waals surface area contributed by atoms with Crippen molar-refractivity contribution in [1.29, 1.82) is 0 Å². The van der Waals surface area contributed by atoms with E-state index in [0.717, 1.165) is 44.6 Å². The highest BCUT2D eigenvalue weighted by molar-refractivity contribution is 5.84. The van der Waals surface area contributed by atoms with Gasteiger partial charge in [0.15, 0.2) is 0 Å². The van der Waals surface area contributed by atoms with Crippen molar-refractivity contribution < 1.29 is 14.3 Å². The lowest BCUT2D eigenvalue weighted by Crippen LogP contribution is -2.59. The summed E-state index contributed by atoms with van der Waals surface area (Å²) in [7, 11) is 0. The quantitative estimate of drug-likeness (QED) is 0.691. The third kappa shape index (κ3) is 1.67. The molecule has 0 aromatic carbocycles. The molecular weight excluding hydrogens is 276 g/mol. The first-order valence-corrected chi connectivity index (χ1v) is 9.32. The number of ketones is 2. The minimum Gasteiger partial charge on any atom is -0.380 e. The van der Waals surface area contributed by atoms with Crippen LogP contribution in [0.2, 0.25) is 0 Å². The van der Waals surface area contributed by atoms with Crippen LogP contribution in [0, 0.1) is 40.9 Å². The van der Waals surface area contributed by atoms with E-state index in [-0.39, 0.29) is 11.3 Å². The molecule has 4 aliphatic carbocycles. The van der Waals surface area contributed by atoms with E-state index in [2.05, 4.69) is 0 Å². The molecule has 3 nitrogen and oxygen atoms in total. The van der Waals surface area contributed by atoms with Gasteiger partial charge >= 0.3 is 0 Å². The summed E-state index contributed by atoms with van der Waals surface area (Å²) in [5.74, 6) is 4.21. The first-order valence-electron chi connectivity index (χ1n) is 9.32. The molecule has 4 saturated carbocycles. The van der Waals surface area contributed by atoms with E-state index in [4.69, 9.17) is 4.74 Å². The molecule has 1 aliphatic heterocycles. The molecule has 0 aromatic rings. The van der Waals surface area contributed by atoms with Gasteiger partial charge in [0.1, 0.15) is 11.6 Å².